The van der Waals surface area contributed by atoms with Crippen LogP contribution in [-0.2, 0) is 4.79 Å². The number of hydrogen-bond donors (Lipinski definition) is 3. The van der Waals surface area contributed by atoms with Crippen molar-refractivity contribution in [3.05, 3.63) is 41.4 Å². The third-order valence-electron chi connectivity index (χ3n) is 7.16. The Balaban J connectivity index is 1.48. The van der Waals surface area contributed by atoms with Crippen molar-refractivity contribution in [3.63, 3.8) is 0 Å². The third-order valence-corrected chi connectivity index (χ3v) is 8.03. The predicted molar refractivity (Wildman–Crippen MR) is 127 cm³/mol. The number of aromatic nitrogens is 5. The second kappa shape index (κ2) is 8.12. The van der Waals surface area contributed by atoms with E-state index in [0.717, 1.165) is 31.4 Å². The molecule has 3 saturated carbocycles. The van der Waals surface area contributed by atoms with Gasteiger partial charge in [0.25, 0.3) is 0 Å². The number of carbonyl (C=O) groups is 1. The van der Waals surface area contributed by atoms with Crippen LogP contribution in [0.4, 0.5) is 10.2 Å². The number of H-pyrrole nitrogens is 1. The fraction of sp³-hybridized carbons (Fsp3) is 0.375. The fourth-order valence-corrected chi connectivity index (χ4v) is 6.27. The van der Waals surface area contributed by atoms with Crippen LogP contribution in [-0.4, -0.2) is 42.0 Å². The Kier molecular flexibility index (Phi) is 5.05. The number of rotatable bonds is 5. The van der Waals surface area contributed by atoms with Crippen molar-refractivity contribution in [2.24, 2.45) is 17.8 Å². The molecule has 3 fully saturated rings. The number of carboxylic acids is 1. The van der Waals surface area contributed by atoms with Crippen LogP contribution < -0.4 is 5.32 Å². The minimum Gasteiger partial charge on any atom is -0.481 e. The van der Waals surface area contributed by atoms with E-state index in [1.54, 1.807) is 12.4 Å². The van der Waals surface area contributed by atoms with E-state index >= 15 is 4.39 Å². The van der Waals surface area contributed by atoms with Crippen molar-refractivity contribution in [2.75, 3.05) is 5.32 Å². The Morgan fingerprint density at radius 2 is 2.00 bits per heavy atom. The first-order valence-electron chi connectivity index (χ1n) is 11.4. The molecule has 4 aromatic heterocycles. The van der Waals surface area contributed by atoms with Crippen molar-refractivity contribution >= 4 is 34.3 Å². The highest BCUT2D eigenvalue weighted by Crippen LogP contribution is 2.46. The number of hydrogen-bond acceptors (Lipinski definition) is 7. The molecule has 174 valence electrons. The number of aromatic amines is 1. The average molecular weight is 479 g/mol. The Morgan fingerprint density at radius 1 is 1.21 bits per heavy atom. The summed E-state index contributed by atoms with van der Waals surface area (Å²) >= 11 is 1.39. The van der Waals surface area contributed by atoms with Gasteiger partial charge in [-0.15, -0.1) is 11.3 Å². The van der Waals surface area contributed by atoms with Crippen molar-refractivity contribution in [1.82, 2.24) is 24.9 Å². The van der Waals surface area contributed by atoms with E-state index in [-0.39, 0.29) is 29.4 Å². The minimum atomic E-state index is -0.831. The fourth-order valence-electron chi connectivity index (χ4n) is 5.56. The van der Waals surface area contributed by atoms with Crippen molar-refractivity contribution < 1.29 is 14.3 Å². The molecule has 0 spiro atoms. The molecule has 4 heterocycles. The second-order valence-corrected chi connectivity index (χ2v) is 10.1. The van der Waals surface area contributed by atoms with Gasteiger partial charge in [-0.3, -0.25) is 9.78 Å². The van der Waals surface area contributed by atoms with Gasteiger partial charge in [-0.2, -0.15) is 0 Å². The summed E-state index contributed by atoms with van der Waals surface area (Å²) in [5.74, 6) is -1.33. The van der Waals surface area contributed by atoms with Gasteiger partial charge in [0.1, 0.15) is 11.2 Å². The molecular weight excluding hydrogens is 455 g/mol. The van der Waals surface area contributed by atoms with E-state index in [4.69, 9.17) is 0 Å². The van der Waals surface area contributed by atoms with Crippen LogP contribution in [0.5, 0.6) is 0 Å². The molecule has 3 aliphatic rings. The first-order chi connectivity index (χ1) is 16.5. The summed E-state index contributed by atoms with van der Waals surface area (Å²) in [6, 6.07) is 3.28. The maximum atomic E-state index is 15.8. The van der Waals surface area contributed by atoms with Crippen LogP contribution in [0.25, 0.3) is 33.1 Å². The van der Waals surface area contributed by atoms with Crippen LogP contribution in [0.3, 0.4) is 0 Å². The third kappa shape index (κ3) is 3.44. The van der Waals surface area contributed by atoms with Crippen LogP contribution >= 0.6 is 11.3 Å². The highest BCUT2D eigenvalue weighted by molar-refractivity contribution is 7.13. The monoisotopic (exact) mass is 478 g/mol. The second-order valence-electron chi connectivity index (χ2n) is 9.16. The minimum absolute atomic E-state index is 0.0339. The van der Waals surface area contributed by atoms with E-state index in [2.05, 4.69) is 30.2 Å². The van der Waals surface area contributed by atoms with Crippen molar-refractivity contribution in [1.29, 1.82) is 0 Å². The van der Waals surface area contributed by atoms with Gasteiger partial charge in [0.05, 0.1) is 22.1 Å². The highest BCUT2D eigenvalue weighted by atomic mass is 32.1. The summed E-state index contributed by atoms with van der Waals surface area (Å²) in [5, 5.41) is 15.0. The summed E-state index contributed by atoms with van der Waals surface area (Å²) in [7, 11) is 0. The Hall–Kier alpha value is -3.40. The number of aryl methyl sites for hydroxylation is 1. The quantitative estimate of drug-likeness (QED) is 0.374. The molecule has 34 heavy (non-hydrogen) atoms. The van der Waals surface area contributed by atoms with E-state index in [9.17, 15) is 9.90 Å². The summed E-state index contributed by atoms with van der Waals surface area (Å²) in [5.41, 5.74) is 2.77. The number of nitrogens with zero attached hydrogens (tertiary/aromatic N) is 4. The zero-order chi connectivity index (χ0) is 23.4. The standard InChI is InChI=1S/C24H23FN6O2S/c1-11-9-26-19-14(10-27-23(19)28-11)21-30-20(15-3-2-8-34-15)17(25)22(31-21)29-18-13-6-4-12(5-7-13)16(18)24(32)33/h2-3,8-10,12-13,16,18H,4-7H2,1H3,(H,27,28)(H,32,33)(H,29,30,31)/t12?,13?,16-,18-/m1/s1. The summed E-state index contributed by atoms with van der Waals surface area (Å²) in [6.45, 7) is 1.86. The first-order valence-corrected chi connectivity index (χ1v) is 12.3. The van der Waals surface area contributed by atoms with Crippen molar-refractivity contribution in [2.45, 2.75) is 38.6 Å². The normalized spacial score (nSPS) is 23.9. The molecule has 3 aliphatic carbocycles. The van der Waals surface area contributed by atoms with Gasteiger partial charge in [-0.1, -0.05) is 6.07 Å². The highest BCUT2D eigenvalue weighted by Gasteiger charge is 2.47. The number of aliphatic carboxylic acids is 1. The smallest absolute Gasteiger partial charge is 0.308 e. The number of halogens is 1. The molecule has 0 amide bonds. The van der Waals surface area contributed by atoms with Gasteiger partial charge in [0.15, 0.2) is 23.1 Å². The van der Waals surface area contributed by atoms with Crippen LogP contribution in [0.2, 0.25) is 0 Å². The molecule has 10 heteroatoms. The molecule has 4 aromatic rings. The Labute approximate surface area is 198 Å². The largest absolute Gasteiger partial charge is 0.481 e. The van der Waals surface area contributed by atoms with Crippen LogP contribution in [0.1, 0.15) is 31.4 Å². The number of thiophene rings is 1. The number of carboxylic acid groups (broad SMARTS) is 1. The van der Waals surface area contributed by atoms with E-state index in [1.807, 2.05) is 24.4 Å². The maximum absolute atomic E-state index is 15.8. The lowest BCUT2D eigenvalue weighted by Gasteiger charge is -2.47. The lowest BCUT2D eigenvalue weighted by atomic mass is 9.61. The zero-order valence-electron chi connectivity index (χ0n) is 18.5. The van der Waals surface area contributed by atoms with Gasteiger partial charge in [-0.05, 0) is 55.9 Å². The molecule has 0 aromatic carbocycles. The lowest BCUT2D eigenvalue weighted by molar-refractivity contribution is -0.148. The number of anilines is 1. The molecule has 3 N–H and O–H groups in total. The molecule has 8 nitrogen and oxygen atoms in total. The van der Waals surface area contributed by atoms with Gasteiger partial charge in [0, 0.05) is 18.4 Å². The Bertz CT molecular complexity index is 1380. The summed E-state index contributed by atoms with van der Waals surface area (Å²) in [6.07, 6.45) is 7.10. The molecular formula is C24H23FN6O2S. The summed E-state index contributed by atoms with van der Waals surface area (Å²) < 4.78 is 15.8. The SMILES string of the molecule is Cc1cnc2c(-c3nc(N[C@@H]4C5CCC(CC5)[C@H]4C(=O)O)c(F)c(-c4cccs4)n3)c[nH]c2n1. The van der Waals surface area contributed by atoms with Gasteiger partial charge >= 0.3 is 5.97 Å². The van der Waals surface area contributed by atoms with Gasteiger partial charge in [0.2, 0.25) is 0 Å². The van der Waals surface area contributed by atoms with Crippen molar-refractivity contribution in [3.8, 4) is 22.0 Å². The Morgan fingerprint density at radius 3 is 2.74 bits per heavy atom. The summed E-state index contributed by atoms with van der Waals surface area (Å²) in [4.78, 5) is 34.0. The molecule has 2 atom stereocenters. The first kappa shape index (κ1) is 21.2. The number of nitrogens with one attached hydrogen (secondary N) is 2. The molecule has 0 radical (unpaired) electrons. The van der Waals surface area contributed by atoms with E-state index < -0.39 is 17.7 Å². The topological polar surface area (TPSA) is 117 Å². The van der Waals surface area contributed by atoms with Crippen LogP contribution in [0, 0.1) is 30.5 Å². The van der Waals surface area contributed by atoms with Gasteiger partial charge < -0.3 is 15.4 Å². The number of fused-ring (bicyclic) bond motifs is 4. The van der Waals surface area contributed by atoms with Gasteiger partial charge in [-0.25, -0.2) is 19.3 Å². The lowest BCUT2D eigenvalue weighted by Crippen LogP contribution is -2.51. The molecule has 0 saturated heterocycles. The van der Waals surface area contributed by atoms with Crippen LogP contribution in [0.15, 0.2) is 29.9 Å². The average Bonchev–Trinajstić information content (AvgIpc) is 3.51. The zero-order valence-corrected chi connectivity index (χ0v) is 19.3. The predicted octanol–water partition coefficient (Wildman–Crippen LogP) is 4.89. The molecule has 2 bridgehead atoms. The molecule has 0 aliphatic heterocycles. The van der Waals surface area contributed by atoms with E-state index in [1.165, 1.54) is 11.3 Å². The maximum Gasteiger partial charge on any atom is 0.308 e. The molecule has 0 unspecified atom stereocenters. The molecule has 7 rings (SSSR count). The van der Waals surface area contributed by atoms with E-state index in [0.29, 0.717) is 27.4 Å².